The SMILES string of the molecule is CN(CCOC(c1ccccc1)c1ccccc1)CC(O)CO.O=C(O)/C=C/C(=O)O. The molecule has 0 heterocycles. The van der Waals surface area contributed by atoms with Gasteiger partial charge in [-0.15, -0.1) is 0 Å². The van der Waals surface area contributed by atoms with E-state index >= 15 is 0 Å². The molecule has 0 aliphatic rings. The lowest BCUT2D eigenvalue weighted by molar-refractivity contribution is -0.134. The number of aliphatic hydroxyl groups excluding tert-OH is 2. The number of aliphatic carboxylic acids is 2. The van der Waals surface area contributed by atoms with E-state index in [1.165, 1.54) is 0 Å². The number of carbonyl (C=O) groups is 2. The molecule has 8 nitrogen and oxygen atoms in total. The van der Waals surface area contributed by atoms with E-state index in [-0.39, 0.29) is 12.7 Å². The number of likely N-dealkylation sites (N-methyl/N-ethyl adjacent to an activating group) is 1. The molecule has 0 spiro atoms. The summed E-state index contributed by atoms with van der Waals surface area (Å²) in [5.74, 6) is -2.51. The third-order valence-corrected chi connectivity index (χ3v) is 4.06. The maximum atomic E-state index is 9.55. The first-order chi connectivity index (χ1) is 14.8. The Labute approximate surface area is 181 Å². The largest absolute Gasteiger partial charge is 0.478 e. The minimum Gasteiger partial charge on any atom is -0.478 e. The molecular weight excluding hydrogens is 402 g/mol. The van der Waals surface area contributed by atoms with E-state index in [0.29, 0.717) is 31.8 Å². The number of hydrogen-bond donors (Lipinski definition) is 4. The fourth-order valence-electron chi connectivity index (χ4n) is 2.62. The summed E-state index contributed by atoms with van der Waals surface area (Å²) >= 11 is 0. The number of carboxylic acids is 2. The zero-order valence-electron chi connectivity index (χ0n) is 17.4. The summed E-state index contributed by atoms with van der Waals surface area (Å²) < 4.78 is 6.11. The van der Waals surface area contributed by atoms with Crippen molar-refractivity contribution < 1.29 is 34.8 Å². The number of aliphatic hydroxyl groups is 2. The molecule has 0 aromatic heterocycles. The Bertz CT molecular complexity index is 741. The van der Waals surface area contributed by atoms with Crippen LogP contribution in [0.15, 0.2) is 72.8 Å². The molecule has 2 aromatic rings. The molecule has 0 saturated carbocycles. The molecule has 0 amide bonds. The van der Waals surface area contributed by atoms with Gasteiger partial charge in [-0.1, -0.05) is 60.7 Å². The average molecular weight is 431 g/mol. The fraction of sp³-hybridized carbons (Fsp3) is 0.304. The number of carboxylic acid groups (broad SMARTS) is 2. The van der Waals surface area contributed by atoms with Crippen molar-refractivity contribution >= 4 is 11.9 Å². The van der Waals surface area contributed by atoms with E-state index in [4.69, 9.17) is 20.1 Å². The summed E-state index contributed by atoms with van der Waals surface area (Å²) in [4.78, 5) is 21.1. The van der Waals surface area contributed by atoms with Gasteiger partial charge in [-0.2, -0.15) is 0 Å². The van der Waals surface area contributed by atoms with Crippen LogP contribution in [0.2, 0.25) is 0 Å². The second-order valence-electron chi connectivity index (χ2n) is 6.68. The fourth-order valence-corrected chi connectivity index (χ4v) is 2.62. The normalized spacial score (nSPS) is 11.9. The zero-order valence-corrected chi connectivity index (χ0v) is 17.4. The van der Waals surface area contributed by atoms with Gasteiger partial charge >= 0.3 is 11.9 Å². The third-order valence-electron chi connectivity index (χ3n) is 4.06. The third kappa shape index (κ3) is 11.7. The smallest absolute Gasteiger partial charge is 0.328 e. The molecule has 31 heavy (non-hydrogen) atoms. The maximum absolute atomic E-state index is 9.55. The summed E-state index contributed by atoms with van der Waals surface area (Å²) in [6.45, 7) is 1.44. The molecule has 0 aliphatic carbocycles. The number of benzene rings is 2. The Kier molecular flexibility index (Phi) is 12.5. The van der Waals surface area contributed by atoms with Crippen LogP contribution in [0, 0.1) is 0 Å². The van der Waals surface area contributed by atoms with Gasteiger partial charge in [0.15, 0.2) is 0 Å². The highest BCUT2D eigenvalue weighted by Crippen LogP contribution is 2.25. The first-order valence-electron chi connectivity index (χ1n) is 9.66. The van der Waals surface area contributed by atoms with Gasteiger partial charge in [-0.3, -0.25) is 0 Å². The molecule has 0 bridgehead atoms. The van der Waals surface area contributed by atoms with Crippen LogP contribution in [-0.4, -0.2) is 76.7 Å². The molecule has 0 aliphatic heterocycles. The van der Waals surface area contributed by atoms with E-state index in [1.807, 2.05) is 48.3 Å². The van der Waals surface area contributed by atoms with E-state index in [1.54, 1.807) is 0 Å². The Morgan fingerprint density at radius 1 is 0.935 bits per heavy atom. The number of hydrogen-bond acceptors (Lipinski definition) is 6. The topological polar surface area (TPSA) is 128 Å². The molecule has 1 atom stereocenters. The van der Waals surface area contributed by atoms with Gasteiger partial charge in [0, 0.05) is 25.2 Å². The maximum Gasteiger partial charge on any atom is 0.328 e. The van der Waals surface area contributed by atoms with E-state index in [9.17, 15) is 14.7 Å². The summed E-state index contributed by atoms with van der Waals surface area (Å²) in [6.07, 6.45) is 0.303. The molecule has 2 rings (SSSR count). The second-order valence-corrected chi connectivity index (χ2v) is 6.68. The standard InChI is InChI=1S/C19H25NO3.C4H4O4/c1-20(14-18(22)15-21)12-13-23-19(16-8-4-2-5-9-16)17-10-6-3-7-11-17;5-3(6)1-2-4(7)8/h2-11,18-19,21-22H,12-15H2,1H3;1-2H,(H,5,6)(H,7,8)/b;2-1+. The minimum atomic E-state index is -1.26. The van der Waals surface area contributed by atoms with Crippen molar-refractivity contribution in [2.45, 2.75) is 12.2 Å². The van der Waals surface area contributed by atoms with Crippen LogP contribution in [0.3, 0.4) is 0 Å². The van der Waals surface area contributed by atoms with E-state index in [2.05, 4.69) is 24.3 Å². The summed E-state index contributed by atoms with van der Waals surface area (Å²) in [6, 6.07) is 20.3. The van der Waals surface area contributed by atoms with Crippen LogP contribution in [0.25, 0.3) is 0 Å². The van der Waals surface area contributed by atoms with Gasteiger partial charge in [-0.25, -0.2) is 9.59 Å². The number of rotatable bonds is 11. The predicted molar refractivity (Wildman–Crippen MR) is 116 cm³/mol. The Morgan fingerprint density at radius 2 is 1.39 bits per heavy atom. The van der Waals surface area contributed by atoms with E-state index in [0.717, 1.165) is 11.1 Å². The van der Waals surface area contributed by atoms with E-state index < -0.39 is 18.0 Å². The van der Waals surface area contributed by atoms with Crippen LogP contribution in [0.5, 0.6) is 0 Å². The monoisotopic (exact) mass is 431 g/mol. The molecule has 168 valence electrons. The summed E-state index contributed by atoms with van der Waals surface area (Å²) in [7, 11) is 1.91. The van der Waals surface area contributed by atoms with Gasteiger partial charge in [0.1, 0.15) is 6.10 Å². The van der Waals surface area contributed by atoms with Crippen LogP contribution < -0.4 is 0 Å². The lowest BCUT2D eigenvalue weighted by Gasteiger charge is -2.23. The van der Waals surface area contributed by atoms with Crippen molar-refractivity contribution in [3.05, 3.63) is 83.9 Å². The van der Waals surface area contributed by atoms with Crippen molar-refractivity contribution in [1.29, 1.82) is 0 Å². The highest BCUT2D eigenvalue weighted by Gasteiger charge is 2.15. The summed E-state index contributed by atoms with van der Waals surface area (Å²) in [5, 5.41) is 34.0. The molecule has 0 fully saturated rings. The molecule has 2 aromatic carbocycles. The highest BCUT2D eigenvalue weighted by molar-refractivity contribution is 5.89. The van der Waals surface area contributed by atoms with Crippen molar-refractivity contribution in [3.63, 3.8) is 0 Å². The van der Waals surface area contributed by atoms with Crippen molar-refractivity contribution in [1.82, 2.24) is 4.90 Å². The van der Waals surface area contributed by atoms with Crippen LogP contribution in [0.4, 0.5) is 0 Å². The second kappa shape index (κ2) is 14.9. The number of ether oxygens (including phenoxy) is 1. The highest BCUT2D eigenvalue weighted by atomic mass is 16.5. The molecule has 1 unspecified atom stereocenters. The summed E-state index contributed by atoms with van der Waals surface area (Å²) in [5.41, 5.74) is 2.24. The first kappa shape index (κ1) is 26.0. The Morgan fingerprint density at radius 3 is 1.77 bits per heavy atom. The van der Waals surface area contributed by atoms with Crippen LogP contribution in [0.1, 0.15) is 17.2 Å². The van der Waals surface area contributed by atoms with Gasteiger partial charge in [-0.05, 0) is 18.2 Å². The first-order valence-corrected chi connectivity index (χ1v) is 9.66. The van der Waals surface area contributed by atoms with Gasteiger partial charge in [0.2, 0.25) is 0 Å². The van der Waals surface area contributed by atoms with Crippen molar-refractivity contribution in [2.75, 3.05) is 33.4 Å². The molecule has 4 N–H and O–H groups in total. The molecular formula is C23H29NO7. The van der Waals surface area contributed by atoms with Gasteiger partial charge < -0.3 is 30.1 Å². The molecule has 0 radical (unpaired) electrons. The van der Waals surface area contributed by atoms with Crippen LogP contribution in [-0.2, 0) is 14.3 Å². The molecule has 8 heteroatoms. The van der Waals surface area contributed by atoms with Gasteiger partial charge in [0.05, 0.1) is 19.3 Å². The lowest BCUT2D eigenvalue weighted by atomic mass is 10.0. The minimum absolute atomic E-state index is 0.103. The number of nitrogens with zero attached hydrogens (tertiary/aromatic N) is 1. The van der Waals surface area contributed by atoms with Crippen molar-refractivity contribution in [3.8, 4) is 0 Å². The zero-order chi connectivity index (χ0) is 23.1. The van der Waals surface area contributed by atoms with Crippen molar-refractivity contribution in [2.24, 2.45) is 0 Å². The lowest BCUT2D eigenvalue weighted by Crippen LogP contribution is -2.33. The average Bonchev–Trinajstić information content (AvgIpc) is 2.77. The van der Waals surface area contributed by atoms with Crippen LogP contribution >= 0.6 is 0 Å². The Hall–Kier alpha value is -3.04. The van der Waals surface area contributed by atoms with Gasteiger partial charge in [0.25, 0.3) is 0 Å². The quantitative estimate of drug-likeness (QED) is 0.397. The Balaban J connectivity index is 0.000000512. The predicted octanol–water partition coefficient (Wildman–Crippen LogP) is 1.79. The molecule has 0 saturated heterocycles.